The molecule has 1 N–H and O–H groups in total. The molecule has 0 bridgehead atoms. The Labute approximate surface area is 125 Å². The van der Waals surface area contributed by atoms with Crippen LogP contribution >= 0.6 is 0 Å². The molecule has 0 saturated heterocycles. The molecule has 0 amide bonds. The summed E-state index contributed by atoms with van der Waals surface area (Å²) in [6.07, 6.45) is 11.3. The van der Waals surface area contributed by atoms with E-state index in [2.05, 4.69) is 22.3 Å². The van der Waals surface area contributed by atoms with Crippen LogP contribution in [0.15, 0.2) is 41.6 Å². The minimum Gasteiger partial charge on any atom is -0.352 e. The van der Waals surface area contributed by atoms with Gasteiger partial charge >= 0.3 is 0 Å². The topological polar surface area (TPSA) is 39.0 Å². The van der Waals surface area contributed by atoms with Crippen LogP contribution in [0.25, 0.3) is 0 Å². The molecule has 0 aliphatic heterocycles. The van der Waals surface area contributed by atoms with Crippen LogP contribution in [0.3, 0.4) is 0 Å². The number of aryl methyl sites for hydroxylation is 3. The molecule has 0 aromatic carbocycles. The van der Waals surface area contributed by atoms with Crippen LogP contribution in [0.1, 0.15) is 36.4 Å². The second kappa shape index (κ2) is 6.31. The van der Waals surface area contributed by atoms with Gasteiger partial charge in [0.25, 0.3) is 5.56 Å². The molecule has 1 atom stereocenters. The highest BCUT2D eigenvalue weighted by Gasteiger charge is 2.18. The predicted octanol–water partition coefficient (Wildman–Crippen LogP) is 2.34. The molecule has 3 rings (SSSR count). The molecule has 0 saturated carbocycles. The monoisotopic (exact) mass is 285 g/mol. The highest BCUT2D eigenvalue weighted by molar-refractivity contribution is 5.29. The fourth-order valence-corrected chi connectivity index (χ4v) is 3.21. The third kappa shape index (κ3) is 3.10. The van der Waals surface area contributed by atoms with Gasteiger partial charge in [-0.2, -0.15) is 0 Å². The molecule has 2 aromatic heterocycles. The minimum absolute atomic E-state index is 0.0688. The Bertz CT molecular complexity index is 656. The first-order valence-electron chi connectivity index (χ1n) is 7.79. The highest BCUT2D eigenvalue weighted by Crippen LogP contribution is 2.29. The summed E-state index contributed by atoms with van der Waals surface area (Å²) in [5.41, 5.74) is 2.97. The lowest BCUT2D eigenvalue weighted by Crippen LogP contribution is -2.20. The van der Waals surface area contributed by atoms with Crippen molar-refractivity contribution in [3.8, 4) is 0 Å². The van der Waals surface area contributed by atoms with E-state index in [4.69, 9.17) is 0 Å². The number of nitrogens with one attached hydrogen (secondary N) is 1. The number of hydrogen-bond acceptors (Lipinski definition) is 2. The molecule has 4 nitrogen and oxygen atoms in total. The molecule has 2 aromatic rings. The van der Waals surface area contributed by atoms with Crippen LogP contribution in [-0.2, 0) is 19.5 Å². The summed E-state index contributed by atoms with van der Waals surface area (Å²) in [6, 6.07) is 5.78. The van der Waals surface area contributed by atoms with Gasteiger partial charge in [-0.05, 0) is 43.5 Å². The first-order chi connectivity index (χ1) is 10.3. The van der Waals surface area contributed by atoms with E-state index in [-0.39, 0.29) is 5.56 Å². The van der Waals surface area contributed by atoms with Gasteiger partial charge in [-0.25, -0.2) is 0 Å². The normalized spacial score (nSPS) is 18.2. The van der Waals surface area contributed by atoms with E-state index >= 15 is 0 Å². The highest BCUT2D eigenvalue weighted by atomic mass is 16.1. The molecule has 1 aliphatic rings. The van der Waals surface area contributed by atoms with Crippen molar-refractivity contribution in [1.29, 1.82) is 0 Å². The zero-order chi connectivity index (χ0) is 14.7. The fourth-order valence-electron chi connectivity index (χ4n) is 3.21. The summed E-state index contributed by atoms with van der Waals surface area (Å²) in [5.74, 6) is 0. The first kappa shape index (κ1) is 14.1. The molecule has 1 aliphatic carbocycles. The summed E-state index contributed by atoms with van der Waals surface area (Å²) < 4.78 is 4.00. The van der Waals surface area contributed by atoms with Crippen LogP contribution < -0.4 is 10.9 Å². The van der Waals surface area contributed by atoms with Crippen molar-refractivity contribution in [2.24, 2.45) is 0 Å². The Kier molecular flexibility index (Phi) is 4.25. The number of fused-ring (bicyclic) bond motifs is 1. The van der Waals surface area contributed by atoms with Crippen LogP contribution in [0.2, 0.25) is 0 Å². The molecule has 4 heteroatoms. The number of pyridine rings is 1. The van der Waals surface area contributed by atoms with Crippen LogP contribution in [0, 0.1) is 0 Å². The molecule has 0 spiro atoms. The van der Waals surface area contributed by atoms with Crippen molar-refractivity contribution in [1.82, 2.24) is 14.5 Å². The zero-order valence-electron chi connectivity index (χ0n) is 12.6. The van der Waals surface area contributed by atoms with E-state index in [1.54, 1.807) is 16.7 Å². The molecule has 21 heavy (non-hydrogen) atoms. The molecule has 112 valence electrons. The van der Waals surface area contributed by atoms with Crippen molar-refractivity contribution in [3.63, 3.8) is 0 Å². The second-order valence-corrected chi connectivity index (χ2v) is 5.80. The van der Waals surface area contributed by atoms with Crippen molar-refractivity contribution in [2.45, 2.75) is 44.8 Å². The van der Waals surface area contributed by atoms with E-state index in [1.165, 1.54) is 36.8 Å². The Morgan fingerprint density at radius 1 is 1.24 bits per heavy atom. The Morgan fingerprint density at radius 2 is 2.14 bits per heavy atom. The van der Waals surface area contributed by atoms with Gasteiger partial charge in [0.05, 0.1) is 0 Å². The maximum absolute atomic E-state index is 11.7. The number of hydrogen-bond donors (Lipinski definition) is 1. The van der Waals surface area contributed by atoms with E-state index in [0.29, 0.717) is 6.04 Å². The molecular weight excluding hydrogens is 262 g/mol. The lowest BCUT2D eigenvalue weighted by molar-refractivity contribution is 0.525. The van der Waals surface area contributed by atoms with Crippen molar-refractivity contribution in [3.05, 3.63) is 58.3 Å². The SMILES string of the molecule is CNC1CCCCc2cn(CCn3ccccc3=O)cc21. The smallest absolute Gasteiger partial charge is 0.250 e. The number of nitrogens with zero attached hydrogens (tertiary/aromatic N) is 2. The largest absolute Gasteiger partial charge is 0.352 e. The van der Waals surface area contributed by atoms with Gasteiger partial charge in [-0.1, -0.05) is 12.5 Å². The van der Waals surface area contributed by atoms with E-state index in [0.717, 1.165) is 13.1 Å². The molecule has 0 radical (unpaired) electrons. The Hall–Kier alpha value is -1.81. The fraction of sp³-hybridized carbons (Fsp3) is 0.471. The summed E-state index contributed by atoms with van der Waals surface area (Å²) in [7, 11) is 2.04. The van der Waals surface area contributed by atoms with Crippen LogP contribution in [-0.4, -0.2) is 16.2 Å². The quantitative estimate of drug-likeness (QED) is 0.876. The maximum atomic E-state index is 11.7. The van der Waals surface area contributed by atoms with E-state index in [9.17, 15) is 4.79 Å². The van der Waals surface area contributed by atoms with Gasteiger partial charge in [0.15, 0.2) is 0 Å². The lowest BCUT2D eigenvalue weighted by atomic mass is 10.1. The minimum atomic E-state index is 0.0688. The average molecular weight is 285 g/mol. The number of aromatic nitrogens is 2. The molecule has 0 fully saturated rings. The Morgan fingerprint density at radius 3 is 2.95 bits per heavy atom. The van der Waals surface area contributed by atoms with Gasteiger partial charge in [0.2, 0.25) is 0 Å². The van der Waals surface area contributed by atoms with Crippen molar-refractivity contribution in [2.75, 3.05) is 7.05 Å². The van der Waals surface area contributed by atoms with Crippen LogP contribution in [0.5, 0.6) is 0 Å². The van der Waals surface area contributed by atoms with Crippen molar-refractivity contribution >= 4 is 0 Å². The molecule has 1 unspecified atom stereocenters. The first-order valence-corrected chi connectivity index (χ1v) is 7.79. The summed E-state index contributed by atoms with van der Waals surface area (Å²) in [5, 5.41) is 3.43. The van der Waals surface area contributed by atoms with Gasteiger partial charge in [-0.3, -0.25) is 4.79 Å². The van der Waals surface area contributed by atoms with E-state index in [1.807, 2.05) is 19.3 Å². The second-order valence-electron chi connectivity index (χ2n) is 5.80. The van der Waals surface area contributed by atoms with Gasteiger partial charge in [0, 0.05) is 43.8 Å². The standard InChI is InChI=1S/C17H23N3O/c1-18-16-7-3-2-6-14-12-19(13-15(14)16)10-11-20-9-5-4-8-17(20)21/h4-5,8-9,12-13,16,18H,2-3,6-7,10-11H2,1H3. The molecule has 2 heterocycles. The third-order valence-electron chi connectivity index (χ3n) is 4.41. The van der Waals surface area contributed by atoms with Crippen molar-refractivity contribution < 1.29 is 0 Å². The average Bonchev–Trinajstić information content (AvgIpc) is 2.80. The zero-order valence-corrected chi connectivity index (χ0v) is 12.6. The number of rotatable bonds is 4. The van der Waals surface area contributed by atoms with Gasteiger partial charge < -0.3 is 14.5 Å². The van der Waals surface area contributed by atoms with Gasteiger partial charge in [-0.15, -0.1) is 0 Å². The van der Waals surface area contributed by atoms with E-state index < -0.39 is 0 Å². The Balaban J connectivity index is 1.75. The summed E-state index contributed by atoms with van der Waals surface area (Å²) >= 11 is 0. The summed E-state index contributed by atoms with van der Waals surface area (Å²) in [4.78, 5) is 11.7. The molecular formula is C17H23N3O. The maximum Gasteiger partial charge on any atom is 0.250 e. The summed E-state index contributed by atoms with van der Waals surface area (Å²) in [6.45, 7) is 1.56. The van der Waals surface area contributed by atoms with Crippen LogP contribution in [0.4, 0.5) is 0 Å². The van der Waals surface area contributed by atoms with Gasteiger partial charge in [0.1, 0.15) is 0 Å². The predicted molar refractivity (Wildman–Crippen MR) is 84.5 cm³/mol. The lowest BCUT2D eigenvalue weighted by Gasteiger charge is -2.13. The third-order valence-corrected chi connectivity index (χ3v) is 4.41.